The van der Waals surface area contributed by atoms with Crippen molar-refractivity contribution < 1.29 is 9.18 Å². The van der Waals surface area contributed by atoms with Crippen LogP contribution in [0.2, 0.25) is 0 Å². The van der Waals surface area contributed by atoms with Gasteiger partial charge < -0.3 is 15.2 Å². The van der Waals surface area contributed by atoms with Crippen LogP contribution in [0.15, 0.2) is 48.5 Å². The van der Waals surface area contributed by atoms with E-state index in [9.17, 15) is 9.18 Å². The molecular weight excluding hydrogens is 379 g/mol. The van der Waals surface area contributed by atoms with Gasteiger partial charge in [0.25, 0.3) is 5.91 Å². The molecule has 1 unspecified atom stereocenters. The number of amides is 1. The molecule has 0 spiro atoms. The Morgan fingerprint density at radius 2 is 2.17 bits per heavy atom. The summed E-state index contributed by atoms with van der Waals surface area (Å²) in [5.74, 6) is 0.643. The lowest BCUT2D eigenvalue weighted by Crippen LogP contribution is -2.68. The summed E-state index contributed by atoms with van der Waals surface area (Å²) in [7, 11) is 0. The molecule has 2 aliphatic carbocycles. The van der Waals surface area contributed by atoms with Crippen molar-refractivity contribution in [2.45, 2.75) is 50.7 Å². The number of para-hydroxylation sites is 2. The highest BCUT2D eigenvalue weighted by atomic mass is 19.1. The number of rotatable bonds is 6. The lowest BCUT2D eigenvalue weighted by Gasteiger charge is -2.57. The number of fused-ring (bicyclic) bond motifs is 2. The standard InChI is InChI=1S/C24H27FN4O/c1-2-29(23(30)22-27-19-10-3-4-11-20(19)28-22)24-12-6-9-18(24)21(14-24)26-15-16-7-5-8-17(25)13-16/h3-5,7-8,10-11,13,18,21,26H,2,6,9,12,14-15H2,1H3,(H,27,28)/t18?,21-,24-/m0/s1. The van der Waals surface area contributed by atoms with Gasteiger partial charge in [-0.15, -0.1) is 0 Å². The minimum atomic E-state index is -0.202. The van der Waals surface area contributed by atoms with Crippen LogP contribution in [0.1, 0.15) is 48.8 Å². The lowest BCUT2D eigenvalue weighted by atomic mass is 9.63. The zero-order valence-electron chi connectivity index (χ0n) is 17.2. The number of carbonyl (C=O) groups is 1. The van der Waals surface area contributed by atoms with Crippen LogP contribution in [0, 0.1) is 11.7 Å². The third kappa shape index (κ3) is 3.10. The number of aromatic amines is 1. The van der Waals surface area contributed by atoms with Gasteiger partial charge in [-0.25, -0.2) is 9.37 Å². The largest absolute Gasteiger partial charge is 0.334 e. The Balaban J connectivity index is 1.32. The van der Waals surface area contributed by atoms with Gasteiger partial charge in [0.15, 0.2) is 5.82 Å². The average molecular weight is 407 g/mol. The maximum Gasteiger partial charge on any atom is 0.290 e. The van der Waals surface area contributed by atoms with E-state index in [1.807, 2.05) is 35.2 Å². The molecule has 1 heterocycles. The quantitative estimate of drug-likeness (QED) is 0.643. The molecule has 3 atom stereocenters. The second-order valence-electron chi connectivity index (χ2n) is 8.58. The van der Waals surface area contributed by atoms with Gasteiger partial charge in [-0.05, 0) is 61.9 Å². The topological polar surface area (TPSA) is 61.0 Å². The van der Waals surface area contributed by atoms with Crippen molar-refractivity contribution in [3.8, 4) is 0 Å². The van der Waals surface area contributed by atoms with E-state index in [2.05, 4.69) is 22.2 Å². The molecule has 2 saturated carbocycles. The smallest absolute Gasteiger partial charge is 0.290 e. The molecule has 156 valence electrons. The Morgan fingerprint density at radius 1 is 1.30 bits per heavy atom. The number of imidazole rings is 1. The second kappa shape index (κ2) is 7.51. The number of nitrogens with one attached hydrogen (secondary N) is 2. The van der Waals surface area contributed by atoms with Crippen LogP contribution in [-0.2, 0) is 6.54 Å². The molecule has 1 aromatic heterocycles. The summed E-state index contributed by atoms with van der Waals surface area (Å²) in [4.78, 5) is 23.2. The van der Waals surface area contributed by atoms with Crippen molar-refractivity contribution in [2.75, 3.05) is 6.54 Å². The first-order chi connectivity index (χ1) is 14.6. The number of hydrogen-bond donors (Lipinski definition) is 2. The zero-order valence-corrected chi connectivity index (χ0v) is 17.2. The Hall–Kier alpha value is -2.73. The molecule has 5 rings (SSSR count). The summed E-state index contributed by atoms with van der Waals surface area (Å²) in [6.45, 7) is 3.37. The molecule has 0 radical (unpaired) electrons. The molecule has 5 nitrogen and oxygen atoms in total. The molecule has 0 saturated heterocycles. The van der Waals surface area contributed by atoms with Crippen LogP contribution >= 0.6 is 0 Å². The summed E-state index contributed by atoms with van der Waals surface area (Å²) >= 11 is 0. The summed E-state index contributed by atoms with van der Waals surface area (Å²) < 4.78 is 13.5. The van der Waals surface area contributed by atoms with Gasteiger partial charge in [0.05, 0.1) is 11.0 Å². The number of nitrogens with zero attached hydrogens (tertiary/aromatic N) is 2. The number of H-pyrrole nitrogens is 1. The van der Waals surface area contributed by atoms with Gasteiger partial charge in [0, 0.05) is 24.7 Å². The molecule has 0 bridgehead atoms. The minimum Gasteiger partial charge on any atom is -0.334 e. The molecule has 2 aliphatic rings. The first-order valence-corrected chi connectivity index (χ1v) is 10.9. The van der Waals surface area contributed by atoms with Crippen molar-refractivity contribution >= 4 is 16.9 Å². The fourth-order valence-electron chi connectivity index (χ4n) is 5.67. The number of hydrogen-bond acceptors (Lipinski definition) is 3. The van der Waals surface area contributed by atoms with Crippen LogP contribution in [0.25, 0.3) is 11.0 Å². The third-order valence-electron chi connectivity index (χ3n) is 7.02. The summed E-state index contributed by atoms with van der Waals surface area (Å²) in [5, 5.41) is 3.61. The maximum atomic E-state index is 13.5. The van der Waals surface area contributed by atoms with Crippen molar-refractivity contribution in [1.29, 1.82) is 0 Å². The van der Waals surface area contributed by atoms with Crippen LogP contribution in [0.3, 0.4) is 0 Å². The Bertz CT molecular complexity index is 1050. The summed E-state index contributed by atoms with van der Waals surface area (Å²) in [6, 6.07) is 14.8. The molecule has 0 aliphatic heterocycles. The Kier molecular flexibility index (Phi) is 4.82. The predicted molar refractivity (Wildman–Crippen MR) is 115 cm³/mol. The van der Waals surface area contributed by atoms with Crippen LogP contribution in [0.5, 0.6) is 0 Å². The van der Waals surface area contributed by atoms with Gasteiger partial charge >= 0.3 is 0 Å². The van der Waals surface area contributed by atoms with Gasteiger partial charge in [-0.2, -0.15) is 0 Å². The van der Waals surface area contributed by atoms with Gasteiger partial charge in [-0.1, -0.05) is 30.7 Å². The number of carbonyl (C=O) groups excluding carboxylic acids is 1. The number of aromatic nitrogens is 2. The zero-order chi connectivity index (χ0) is 20.7. The van der Waals surface area contributed by atoms with E-state index in [4.69, 9.17) is 0 Å². The Labute approximate surface area is 175 Å². The van der Waals surface area contributed by atoms with Gasteiger partial charge in [0.1, 0.15) is 5.82 Å². The molecule has 6 heteroatoms. The average Bonchev–Trinajstić information content (AvgIpc) is 3.31. The molecule has 1 amide bonds. The van der Waals surface area contributed by atoms with E-state index >= 15 is 0 Å². The monoisotopic (exact) mass is 406 g/mol. The van der Waals surface area contributed by atoms with E-state index in [0.717, 1.165) is 42.3 Å². The van der Waals surface area contributed by atoms with Gasteiger partial charge in [0.2, 0.25) is 0 Å². The molecule has 3 aromatic rings. The normalized spacial score (nSPS) is 25.1. The minimum absolute atomic E-state index is 0.0100. The van der Waals surface area contributed by atoms with Crippen molar-refractivity contribution in [2.24, 2.45) is 5.92 Å². The molecule has 2 fully saturated rings. The molecule has 2 aromatic carbocycles. The SMILES string of the molecule is CCN(C(=O)c1nc2ccccc2[nH]1)[C@]12CCCC1[C@@H](NCc1cccc(F)c1)C2. The van der Waals surface area contributed by atoms with Crippen LogP contribution in [0.4, 0.5) is 4.39 Å². The van der Waals surface area contributed by atoms with E-state index in [-0.39, 0.29) is 17.3 Å². The van der Waals surface area contributed by atoms with Crippen molar-refractivity contribution in [1.82, 2.24) is 20.2 Å². The Morgan fingerprint density at radius 3 is 2.97 bits per heavy atom. The van der Waals surface area contributed by atoms with Crippen molar-refractivity contribution in [3.05, 3.63) is 65.7 Å². The lowest BCUT2D eigenvalue weighted by molar-refractivity contribution is -0.0344. The van der Waals surface area contributed by atoms with Crippen LogP contribution in [-0.4, -0.2) is 38.9 Å². The van der Waals surface area contributed by atoms with E-state index in [0.29, 0.717) is 30.9 Å². The highest BCUT2D eigenvalue weighted by molar-refractivity contribution is 5.94. The predicted octanol–water partition coefficient (Wildman–Crippen LogP) is 4.27. The highest BCUT2D eigenvalue weighted by Crippen LogP contribution is 2.54. The van der Waals surface area contributed by atoms with Gasteiger partial charge in [-0.3, -0.25) is 4.79 Å². The summed E-state index contributed by atoms with van der Waals surface area (Å²) in [5.41, 5.74) is 2.57. The fourth-order valence-corrected chi connectivity index (χ4v) is 5.67. The van der Waals surface area contributed by atoms with E-state index in [1.165, 1.54) is 6.07 Å². The molecular formula is C24H27FN4O. The van der Waals surface area contributed by atoms with Crippen LogP contribution < -0.4 is 5.32 Å². The molecule has 2 N–H and O–H groups in total. The van der Waals surface area contributed by atoms with Crippen molar-refractivity contribution in [3.63, 3.8) is 0 Å². The van der Waals surface area contributed by atoms with E-state index in [1.54, 1.807) is 12.1 Å². The number of benzene rings is 2. The maximum absolute atomic E-state index is 13.5. The first-order valence-electron chi connectivity index (χ1n) is 10.9. The van der Waals surface area contributed by atoms with E-state index < -0.39 is 0 Å². The summed E-state index contributed by atoms with van der Waals surface area (Å²) in [6.07, 6.45) is 4.22. The second-order valence-corrected chi connectivity index (χ2v) is 8.58. The first kappa shape index (κ1) is 19.2. The number of halogens is 1. The fraction of sp³-hybridized carbons (Fsp3) is 0.417. The highest BCUT2D eigenvalue weighted by Gasteiger charge is 2.60. The third-order valence-corrected chi connectivity index (χ3v) is 7.02. The molecule has 30 heavy (non-hydrogen) atoms.